The Labute approximate surface area is 187 Å². The van der Waals surface area contributed by atoms with Crippen LogP contribution in [-0.4, -0.2) is 40.4 Å². The Hall–Kier alpha value is -2.33. The fourth-order valence-electron chi connectivity index (χ4n) is 4.49. The second-order valence-corrected chi connectivity index (χ2v) is 9.68. The number of carbonyl (C=O) groups excluding carboxylic acids is 1. The number of amides is 1. The van der Waals surface area contributed by atoms with E-state index in [1.54, 1.807) is 4.90 Å². The minimum absolute atomic E-state index is 0.119. The Kier molecular flexibility index (Phi) is 8.14. The Balaban J connectivity index is 1.70. The van der Waals surface area contributed by atoms with Crippen LogP contribution in [0.4, 0.5) is 4.79 Å². The molecular formula is C27H37NO3. The van der Waals surface area contributed by atoms with Crippen molar-refractivity contribution in [3.63, 3.8) is 0 Å². The highest BCUT2D eigenvalue weighted by molar-refractivity contribution is 5.69. The molecule has 0 spiro atoms. The molecule has 0 radical (unpaired) electrons. The van der Waals surface area contributed by atoms with Gasteiger partial charge in [0.25, 0.3) is 0 Å². The first kappa shape index (κ1) is 23.3. The monoisotopic (exact) mass is 423 g/mol. The highest BCUT2D eigenvalue weighted by Gasteiger charge is 2.39. The summed E-state index contributed by atoms with van der Waals surface area (Å²) < 4.78 is 5.62. The predicted octanol–water partition coefficient (Wildman–Crippen LogP) is 5.63. The summed E-state index contributed by atoms with van der Waals surface area (Å²) in [6, 6.07) is 20.7. The Bertz CT molecular complexity index is 757. The van der Waals surface area contributed by atoms with Crippen LogP contribution in [0.2, 0.25) is 0 Å². The van der Waals surface area contributed by atoms with Crippen LogP contribution in [0.15, 0.2) is 60.7 Å². The third-order valence-electron chi connectivity index (χ3n) is 6.10. The smallest absolute Gasteiger partial charge is 0.410 e. The summed E-state index contributed by atoms with van der Waals surface area (Å²) in [6.07, 6.45) is 4.53. The Morgan fingerprint density at radius 3 is 2.00 bits per heavy atom. The molecule has 4 heteroatoms. The van der Waals surface area contributed by atoms with Crippen molar-refractivity contribution in [1.29, 1.82) is 0 Å². The van der Waals surface area contributed by atoms with Crippen LogP contribution in [0.1, 0.15) is 57.6 Å². The van der Waals surface area contributed by atoms with Gasteiger partial charge < -0.3 is 14.7 Å². The molecule has 1 amide bonds. The molecule has 4 nitrogen and oxygen atoms in total. The van der Waals surface area contributed by atoms with E-state index in [4.69, 9.17) is 4.74 Å². The number of hydrogen-bond donors (Lipinski definition) is 1. The molecule has 1 aliphatic heterocycles. The van der Waals surface area contributed by atoms with E-state index in [0.29, 0.717) is 6.54 Å². The molecule has 2 aromatic rings. The van der Waals surface area contributed by atoms with E-state index in [0.717, 1.165) is 38.5 Å². The van der Waals surface area contributed by atoms with Gasteiger partial charge in [-0.2, -0.15) is 0 Å². The summed E-state index contributed by atoms with van der Waals surface area (Å²) in [5, 5.41) is 11.4. The van der Waals surface area contributed by atoms with Gasteiger partial charge in [-0.25, -0.2) is 4.79 Å². The maximum Gasteiger partial charge on any atom is 0.410 e. The molecule has 0 saturated carbocycles. The zero-order valence-corrected chi connectivity index (χ0v) is 19.2. The van der Waals surface area contributed by atoms with Gasteiger partial charge in [-0.05, 0) is 76.3 Å². The minimum atomic E-state index is -0.553. The highest BCUT2D eigenvalue weighted by atomic mass is 16.6. The van der Waals surface area contributed by atoms with E-state index in [1.165, 1.54) is 11.1 Å². The lowest BCUT2D eigenvalue weighted by Crippen LogP contribution is -2.47. The van der Waals surface area contributed by atoms with Gasteiger partial charge in [0.2, 0.25) is 0 Å². The molecule has 2 atom stereocenters. The second kappa shape index (κ2) is 10.8. The van der Waals surface area contributed by atoms with Crippen LogP contribution in [-0.2, 0) is 17.6 Å². The molecule has 1 fully saturated rings. The fourth-order valence-corrected chi connectivity index (χ4v) is 4.49. The van der Waals surface area contributed by atoms with Gasteiger partial charge in [0.1, 0.15) is 5.60 Å². The van der Waals surface area contributed by atoms with Gasteiger partial charge >= 0.3 is 6.09 Å². The van der Waals surface area contributed by atoms with Crippen molar-refractivity contribution in [3.8, 4) is 0 Å². The number of hydrogen-bond acceptors (Lipinski definition) is 3. The summed E-state index contributed by atoms with van der Waals surface area (Å²) in [4.78, 5) is 14.5. The molecule has 2 aromatic carbocycles. The zero-order valence-electron chi connectivity index (χ0n) is 19.2. The summed E-state index contributed by atoms with van der Waals surface area (Å²) in [5.41, 5.74) is 2.04. The second-order valence-electron chi connectivity index (χ2n) is 9.68. The van der Waals surface area contributed by atoms with Crippen molar-refractivity contribution in [2.24, 2.45) is 5.92 Å². The molecule has 1 N–H and O–H groups in total. The lowest BCUT2D eigenvalue weighted by Gasteiger charge is -2.34. The minimum Gasteiger partial charge on any atom is -0.444 e. The Morgan fingerprint density at radius 1 is 1.00 bits per heavy atom. The molecule has 1 saturated heterocycles. The van der Waals surface area contributed by atoms with Gasteiger partial charge in [-0.1, -0.05) is 60.7 Å². The zero-order chi connectivity index (χ0) is 22.3. The average Bonchev–Trinajstić information content (AvgIpc) is 3.24. The molecule has 168 valence electrons. The fraction of sp³-hybridized carbons (Fsp3) is 0.519. The van der Waals surface area contributed by atoms with Crippen LogP contribution >= 0.6 is 0 Å². The molecule has 0 aliphatic carbocycles. The summed E-state index contributed by atoms with van der Waals surface area (Å²) in [7, 11) is 0. The number of likely N-dealkylation sites (tertiary alicyclic amines) is 1. The van der Waals surface area contributed by atoms with Crippen LogP contribution < -0.4 is 0 Å². The van der Waals surface area contributed by atoms with E-state index in [2.05, 4.69) is 48.5 Å². The first-order valence-electron chi connectivity index (χ1n) is 11.6. The van der Waals surface area contributed by atoms with E-state index in [9.17, 15) is 9.90 Å². The first-order valence-corrected chi connectivity index (χ1v) is 11.6. The van der Waals surface area contributed by atoms with Crippen LogP contribution in [0, 0.1) is 5.92 Å². The van der Waals surface area contributed by atoms with E-state index >= 15 is 0 Å². The van der Waals surface area contributed by atoms with E-state index in [-0.39, 0.29) is 18.1 Å². The number of benzene rings is 2. The van der Waals surface area contributed by atoms with Crippen LogP contribution in [0.5, 0.6) is 0 Å². The van der Waals surface area contributed by atoms with Crippen LogP contribution in [0.25, 0.3) is 0 Å². The maximum atomic E-state index is 12.7. The van der Waals surface area contributed by atoms with E-state index < -0.39 is 11.7 Å². The number of aliphatic hydroxyl groups is 1. The van der Waals surface area contributed by atoms with Gasteiger partial charge in [0.15, 0.2) is 0 Å². The number of nitrogens with zero attached hydrogens (tertiary/aromatic N) is 1. The lowest BCUT2D eigenvalue weighted by atomic mass is 9.85. The molecule has 31 heavy (non-hydrogen) atoms. The number of aryl methyl sites for hydroxylation is 2. The predicted molar refractivity (Wildman–Crippen MR) is 125 cm³/mol. The summed E-state index contributed by atoms with van der Waals surface area (Å²) >= 11 is 0. The average molecular weight is 424 g/mol. The van der Waals surface area contributed by atoms with Crippen molar-refractivity contribution in [1.82, 2.24) is 4.90 Å². The first-order chi connectivity index (χ1) is 14.8. The number of rotatable bonds is 8. The molecular weight excluding hydrogens is 386 g/mol. The van der Waals surface area contributed by atoms with E-state index in [1.807, 2.05) is 32.9 Å². The normalized spacial score (nSPS) is 17.7. The molecule has 0 aromatic heterocycles. The van der Waals surface area contributed by atoms with Gasteiger partial charge in [0, 0.05) is 6.54 Å². The number of aliphatic hydroxyl groups excluding tert-OH is 1. The third kappa shape index (κ3) is 7.10. The van der Waals surface area contributed by atoms with Crippen molar-refractivity contribution in [3.05, 3.63) is 71.8 Å². The molecule has 3 rings (SSSR count). The number of carbonyl (C=O) groups is 1. The molecule has 2 unspecified atom stereocenters. The quantitative estimate of drug-likeness (QED) is 0.599. The standard InChI is InChI=1S/C27H37NO3/c1-27(2,3)31-26(30)28-20-10-15-24(28)25(29)23(18-16-21-11-6-4-7-12-21)19-17-22-13-8-5-9-14-22/h4-9,11-14,23-25,29H,10,15-20H2,1-3H3. The maximum absolute atomic E-state index is 12.7. The Morgan fingerprint density at radius 2 is 1.52 bits per heavy atom. The van der Waals surface area contributed by atoms with Crippen molar-refractivity contribution < 1.29 is 14.6 Å². The van der Waals surface area contributed by atoms with Crippen molar-refractivity contribution >= 4 is 6.09 Å². The van der Waals surface area contributed by atoms with Gasteiger partial charge in [-0.3, -0.25) is 0 Å². The summed E-state index contributed by atoms with van der Waals surface area (Å²) in [6.45, 7) is 6.31. The lowest BCUT2D eigenvalue weighted by molar-refractivity contribution is -0.00993. The molecule has 1 heterocycles. The van der Waals surface area contributed by atoms with Gasteiger partial charge in [0.05, 0.1) is 12.1 Å². The molecule has 1 aliphatic rings. The number of ether oxygens (including phenoxy) is 1. The topological polar surface area (TPSA) is 49.8 Å². The molecule has 0 bridgehead atoms. The SMILES string of the molecule is CC(C)(C)OC(=O)N1CCCC1C(O)C(CCc1ccccc1)CCc1ccccc1. The highest BCUT2D eigenvalue weighted by Crippen LogP contribution is 2.30. The third-order valence-corrected chi connectivity index (χ3v) is 6.10. The van der Waals surface area contributed by atoms with Crippen molar-refractivity contribution in [2.75, 3.05) is 6.54 Å². The van der Waals surface area contributed by atoms with Crippen LogP contribution in [0.3, 0.4) is 0 Å². The summed E-state index contributed by atoms with van der Waals surface area (Å²) in [5.74, 6) is 0.119. The largest absolute Gasteiger partial charge is 0.444 e. The van der Waals surface area contributed by atoms with Gasteiger partial charge in [-0.15, -0.1) is 0 Å². The van der Waals surface area contributed by atoms with Crippen molar-refractivity contribution in [2.45, 2.75) is 77.0 Å².